The predicted octanol–water partition coefficient (Wildman–Crippen LogP) is 4.62. The van der Waals surface area contributed by atoms with Gasteiger partial charge in [-0.25, -0.2) is 24.9 Å². The molecule has 0 amide bonds. The Morgan fingerprint density at radius 1 is 0.909 bits per heavy atom. The molecule has 0 spiro atoms. The fourth-order valence-corrected chi connectivity index (χ4v) is 2.85. The first-order valence-electron chi connectivity index (χ1n) is 9.28. The number of alkyl halides is 6. The molecule has 0 aliphatic rings. The van der Waals surface area contributed by atoms with E-state index < -0.39 is 29.2 Å². The fourth-order valence-electron chi connectivity index (χ4n) is 2.85. The lowest BCUT2D eigenvalue weighted by Crippen LogP contribution is -2.10. The summed E-state index contributed by atoms with van der Waals surface area (Å²) in [4.78, 5) is 19.9. The van der Waals surface area contributed by atoms with E-state index in [-0.39, 0.29) is 28.5 Å². The molecule has 0 aliphatic heterocycles. The molecule has 0 atom stereocenters. The molecule has 170 valence electrons. The normalized spacial score (nSPS) is 12.2. The van der Waals surface area contributed by atoms with Crippen molar-refractivity contribution in [1.82, 2.24) is 35.1 Å². The number of nitrogens with zero attached hydrogens (tertiary/aromatic N) is 7. The van der Waals surface area contributed by atoms with E-state index in [0.29, 0.717) is 24.5 Å². The zero-order valence-electron chi connectivity index (χ0n) is 16.6. The van der Waals surface area contributed by atoms with Crippen LogP contribution in [0.15, 0.2) is 36.9 Å². The zero-order chi connectivity index (χ0) is 23.8. The van der Waals surface area contributed by atoms with Crippen LogP contribution in [-0.4, -0.2) is 35.1 Å². The smallest absolute Gasteiger partial charge is 0.322 e. The van der Waals surface area contributed by atoms with Crippen LogP contribution in [0.4, 0.5) is 38.0 Å². The predicted molar refractivity (Wildman–Crippen MR) is 103 cm³/mol. The topological polar surface area (TPSA) is 102 Å². The van der Waals surface area contributed by atoms with Crippen LogP contribution in [0.5, 0.6) is 0 Å². The van der Waals surface area contributed by atoms with Gasteiger partial charge in [0.1, 0.15) is 16.9 Å². The molecular formula is C19H12F6N8. The zero-order valence-corrected chi connectivity index (χ0v) is 16.6. The Balaban J connectivity index is 1.77. The maximum Gasteiger partial charge on any atom is 0.419 e. The summed E-state index contributed by atoms with van der Waals surface area (Å²) in [7, 11) is 0. The number of anilines is 2. The average Bonchev–Trinajstić information content (AvgIpc) is 2.77. The molecule has 8 nitrogen and oxygen atoms in total. The lowest BCUT2D eigenvalue weighted by Gasteiger charge is -2.12. The molecule has 4 rings (SSSR count). The highest BCUT2D eigenvalue weighted by molar-refractivity contribution is 5.88. The van der Waals surface area contributed by atoms with E-state index >= 15 is 0 Å². The van der Waals surface area contributed by atoms with Crippen molar-refractivity contribution in [1.29, 1.82) is 0 Å². The summed E-state index contributed by atoms with van der Waals surface area (Å²) >= 11 is 0. The number of halogens is 6. The van der Waals surface area contributed by atoms with Crippen molar-refractivity contribution in [3.8, 4) is 11.4 Å². The summed E-state index contributed by atoms with van der Waals surface area (Å²) in [6, 6.07) is 2.35. The molecule has 0 aliphatic carbocycles. The Bertz CT molecular complexity index is 1300. The quantitative estimate of drug-likeness (QED) is 0.435. The van der Waals surface area contributed by atoms with Gasteiger partial charge in [-0.1, -0.05) is 6.92 Å². The first-order chi connectivity index (χ1) is 15.6. The van der Waals surface area contributed by atoms with Gasteiger partial charge < -0.3 is 5.32 Å². The van der Waals surface area contributed by atoms with Gasteiger partial charge in [0.15, 0.2) is 5.65 Å². The van der Waals surface area contributed by atoms with Gasteiger partial charge in [0, 0.05) is 18.1 Å². The Hall–Kier alpha value is -3.97. The number of hydrogen-bond acceptors (Lipinski definition) is 8. The molecule has 14 heteroatoms. The maximum atomic E-state index is 13.3. The van der Waals surface area contributed by atoms with Gasteiger partial charge in [0.2, 0.25) is 5.95 Å². The number of pyridine rings is 1. The molecule has 0 aromatic carbocycles. The highest BCUT2D eigenvalue weighted by Gasteiger charge is 2.35. The standard InChI is InChI=1S/C19H12F6N8/c1-2-10-5-12(32-17-27-6-9(7-28-17)18(20,21)22)15-16(30-10)31-13(8-26-15)14-11(19(23,24)25)3-4-29-33-14/h3-8H,2H2,1H3,(H,27,28,30,31,32). The van der Waals surface area contributed by atoms with Crippen LogP contribution >= 0.6 is 0 Å². The van der Waals surface area contributed by atoms with Crippen molar-refractivity contribution in [3.05, 3.63) is 53.7 Å². The first-order valence-corrected chi connectivity index (χ1v) is 9.28. The number of aryl methyl sites for hydroxylation is 1. The minimum atomic E-state index is -4.69. The van der Waals surface area contributed by atoms with E-state index in [1.807, 2.05) is 0 Å². The monoisotopic (exact) mass is 466 g/mol. The molecule has 4 heterocycles. The van der Waals surface area contributed by atoms with E-state index in [4.69, 9.17) is 0 Å². The molecule has 0 unspecified atom stereocenters. The van der Waals surface area contributed by atoms with E-state index in [2.05, 4.69) is 40.4 Å². The van der Waals surface area contributed by atoms with Crippen LogP contribution in [0.3, 0.4) is 0 Å². The van der Waals surface area contributed by atoms with Crippen LogP contribution in [-0.2, 0) is 18.8 Å². The van der Waals surface area contributed by atoms with Gasteiger partial charge in [-0.3, -0.25) is 0 Å². The molecule has 0 saturated heterocycles. The Morgan fingerprint density at radius 3 is 2.27 bits per heavy atom. The maximum absolute atomic E-state index is 13.3. The van der Waals surface area contributed by atoms with Crippen molar-refractivity contribution in [2.24, 2.45) is 0 Å². The van der Waals surface area contributed by atoms with E-state index in [9.17, 15) is 26.3 Å². The van der Waals surface area contributed by atoms with E-state index in [1.54, 1.807) is 13.0 Å². The number of hydrogen-bond donors (Lipinski definition) is 1. The molecule has 33 heavy (non-hydrogen) atoms. The lowest BCUT2D eigenvalue weighted by atomic mass is 10.1. The molecule has 4 aromatic rings. The summed E-state index contributed by atoms with van der Waals surface area (Å²) in [6.07, 6.45) is -5.61. The number of nitrogens with one attached hydrogen (secondary N) is 1. The van der Waals surface area contributed by atoms with Crippen molar-refractivity contribution in [2.75, 3.05) is 5.32 Å². The molecular weight excluding hydrogens is 454 g/mol. The van der Waals surface area contributed by atoms with Crippen LogP contribution in [0, 0.1) is 0 Å². The number of fused-ring (bicyclic) bond motifs is 1. The van der Waals surface area contributed by atoms with Gasteiger partial charge in [-0.15, -0.1) is 5.10 Å². The fraction of sp³-hybridized carbons (Fsp3) is 0.211. The molecule has 1 N–H and O–H groups in total. The molecule has 0 fully saturated rings. The van der Waals surface area contributed by atoms with Gasteiger partial charge in [-0.2, -0.15) is 31.4 Å². The summed E-state index contributed by atoms with van der Waals surface area (Å²) in [5, 5.41) is 9.81. The van der Waals surface area contributed by atoms with Crippen LogP contribution in [0.2, 0.25) is 0 Å². The third-order valence-corrected chi connectivity index (χ3v) is 4.43. The van der Waals surface area contributed by atoms with Crippen molar-refractivity contribution < 1.29 is 26.3 Å². The van der Waals surface area contributed by atoms with Crippen molar-refractivity contribution >= 4 is 22.8 Å². The minimum absolute atomic E-state index is 0.0000363. The van der Waals surface area contributed by atoms with Crippen molar-refractivity contribution in [2.45, 2.75) is 25.7 Å². The molecule has 4 aromatic heterocycles. The second-order valence-electron chi connectivity index (χ2n) is 6.65. The highest BCUT2D eigenvalue weighted by atomic mass is 19.4. The third kappa shape index (κ3) is 4.63. The van der Waals surface area contributed by atoms with Crippen LogP contribution < -0.4 is 5.32 Å². The van der Waals surface area contributed by atoms with Crippen molar-refractivity contribution in [3.63, 3.8) is 0 Å². The lowest BCUT2D eigenvalue weighted by molar-refractivity contribution is -0.138. The van der Waals surface area contributed by atoms with E-state index in [1.165, 1.54) is 0 Å². The summed E-state index contributed by atoms with van der Waals surface area (Å²) in [5.41, 5.74) is -1.84. The van der Waals surface area contributed by atoms with Crippen LogP contribution in [0.1, 0.15) is 23.7 Å². The second kappa shape index (κ2) is 8.18. The van der Waals surface area contributed by atoms with Gasteiger partial charge in [-0.05, 0) is 18.6 Å². The Labute approximate surface area is 181 Å². The van der Waals surface area contributed by atoms with E-state index in [0.717, 1.165) is 18.5 Å². The summed E-state index contributed by atoms with van der Waals surface area (Å²) < 4.78 is 78.2. The van der Waals surface area contributed by atoms with Crippen LogP contribution in [0.25, 0.3) is 22.6 Å². The Morgan fingerprint density at radius 2 is 1.64 bits per heavy atom. The summed E-state index contributed by atoms with van der Waals surface area (Å²) in [6.45, 7) is 1.79. The largest absolute Gasteiger partial charge is 0.419 e. The third-order valence-electron chi connectivity index (χ3n) is 4.43. The molecule has 0 radical (unpaired) electrons. The Kier molecular flexibility index (Phi) is 5.51. The SMILES string of the molecule is CCc1cc(Nc2ncc(C(F)(F)F)cn2)c2ncc(-c3nnccc3C(F)(F)F)nc2n1. The average molecular weight is 466 g/mol. The van der Waals surface area contributed by atoms with Gasteiger partial charge in [0.05, 0.1) is 29.2 Å². The first kappa shape index (κ1) is 22.2. The molecule has 0 saturated carbocycles. The number of rotatable bonds is 4. The second-order valence-corrected chi connectivity index (χ2v) is 6.65. The minimum Gasteiger partial charge on any atom is -0.322 e. The number of aromatic nitrogens is 7. The highest BCUT2D eigenvalue weighted by Crippen LogP contribution is 2.35. The van der Waals surface area contributed by atoms with Gasteiger partial charge in [0.25, 0.3) is 0 Å². The molecule has 0 bridgehead atoms. The van der Waals surface area contributed by atoms with Gasteiger partial charge >= 0.3 is 12.4 Å². The summed E-state index contributed by atoms with van der Waals surface area (Å²) in [5.74, 6) is -0.142.